The van der Waals surface area contributed by atoms with Crippen LogP contribution in [0.5, 0.6) is 0 Å². The minimum atomic E-state index is 0.102. The maximum atomic E-state index is 12.5. The lowest BCUT2D eigenvalue weighted by Gasteiger charge is -2.32. The molecular formula is C16H28N2O. The summed E-state index contributed by atoms with van der Waals surface area (Å²) < 4.78 is 0. The lowest BCUT2D eigenvalue weighted by molar-refractivity contribution is -0.128. The molecule has 3 fully saturated rings. The van der Waals surface area contributed by atoms with Crippen LogP contribution >= 0.6 is 0 Å². The van der Waals surface area contributed by atoms with Crippen molar-refractivity contribution >= 4 is 5.91 Å². The van der Waals surface area contributed by atoms with E-state index in [9.17, 15) is 4.79 Å². The van der Waals surface area contributed by atoms with E-state index in [1.54, 1.807) is 0 Å². The fourth-order valence-corrected chi connectivity index (χ4v) is 4.80. The molecule has 0 aromatic carbocycles. The van der Waals surface area contributed by atoms with Gasteiger partial charge in [-0.15, -0.1) is 0 Å². The zero-order valence-electron chi connectivity index (χ0n) is 12.1. The molecule has 0 saturated heterocycles. The van der Waals surface area contributed by atoms with E-state index in [-0.39, 0.29) is 17.9 Å². The van der Waals surface area contributed by atoms with Gasteiger partial charge in [0.05, 0.1) is 5.92 Å². The second-order valence-corrected chi connectivity index (χ2v) is 7.13. The number of hydrogen-bond donors (Lipinski definition) is 2. The number of carbonyl (C=O) groups excluding carboxylic acids is 1. The molecule has 0 aromatic heterocycles. The molecule has 3 aliphatic carbocycles. The van der Waals surface area contributed by atoms with Crippen molar-refractivity contribution in [3.8, 4) is 0 Å². The first-order valence-electron chi connectivity index (χ1n) is 8.22. The molecular weight excluding hydrogens is 236 g/mol. The van der Waals surface area contributed by atoms with Crippen LogP contribution in [0.1, 0.15) is 58.3 Å². The van der Waals surface area contributed by atoms with Gasteiger partial charge in [-0.25, -0.2) is 0 Å². The first-order valence-corrected chi connectivity index (χ1v) is 8.22. The molecule has 0 aliphatic heterocycles. The van der Waals surface area contributed by atoms with E-state index in [2.05, 4.69) is 12.2 Å². The highest BCUT2D eigenvalue weighted by Gasteiger charge is 2.49. The smallest absolute Gasteiger partial charge is 0.225 e. The molecule has 2 bridgehead atoms. The summed E-state index contributed by atoms with van der Waals surface area (Å²) in [5, 5.41) is 3.29. The van der Waals surface area contributed by atoms with Crippen LogP contribution in [0.15, 0.2) is 0 Å². The van der Waals surface area contributed by atoms with Gasteiger partial charge in [0.25, 0.3) is 0 Å². The van der Waals surface area contributed by atoms with Gasteiger partial charge in [-0.2, -0.15) is 0 Å². The number of nitrogens with one attached hydrogen (secondary N) is 1. The van der Waals surface area contributed by atoms with Crippen molar-refractivity contribution < 1.29 is 4.79 Å². The van der Waals surface area contributed by atoms with Gasteiger partial charge in [-0.3, -0.25) is 4.79 Å². The molecule has 0 heterocycles. The molecule has 3 N–H and O–H groups in total. The molecule has 3 heteroatoms. The van der Waals surface area contributed by atoms with Gasteiger partial charge >= 0.3 is 0 Å². The molecule has 0 aromatic rings. The highest BCUT2D eigenvalue weighted by atomic mass is 16.2. The van der Waals surface area contributed by atoms with E-state index in [4.69, 9.17) is 5.73 Å². The van der Waals surface area contributed by atoms with E-state index in [0.717, 1.165) is 0 Å². The minimum Gasteiger partial charge on any atom is -0.353 e. The molecule has 1 amide bonds. The zero-order valence-corrected chi connectivity index (χ0v) is 12.1. The van der Waals surface area contributed by atoms with Crippen LogP contribution in [0, 0.1) is 23.7 Å². The Labute approximate surface area is 116 Å². The van der Waals surface area contributed by atoms with Gasteiger partial charge in [0.15, 0.2) is 0 Å². The van der Waals surface area contributed by atoms with Gasteiger partial charge in [0.1, 0.15) is 0 Å². The van der Waals surface area contributed by atoms with Crippen LogP contribution in [0.2, 0.25) is 0 Å². The average Bonchev–Trinajstić information content (AvgIpc) is 3.00. The van der Waals surface area contributed by atoms with Crippen molar-refractivity contribution in [2.24, 2.45) is 29.4 Å². The monoisotopic (exact) mass is 264 g/mol. The molecule has 3 saturated carbocycles. The summed E-state index contributed by atoms with van der Waals surface area (Å²) in [4.78, 5) is 12.5. The predicted molar refractivity (Wildman–Crippen MR) is 76.5 cm³/mol. The summed E-state index contributed by atoms with van der Waals surface area (Å²) in [6.45, 7) is 2.19. The van der Waals surface area contributed by atoms with Crippen LogP contribution in [-0.4, -0.2) is 18.0 Å². The van der Waals surface area contributed by atoms with Crippen molar-refractivity contribution in [1.29, 1.82) is 0 Å². The number of carbonyl (C=O) groups is 1. The third-order valence-electron chi connectivity index (χ3n) is 6.01. The Kier molecular flexibility index (Phi) is 3.84. The highest BCUT2D eigenvalue weighted by Crippen LogP contribution is 2.47. The van der Waals surface area contributed by atoms with Gasteiger partial charge in [-0.05, 0) is 56.8 Å². The first kappa shape index (κ1) is 13.4. The van der Waals surface area contributed by atoms with Crippen LogP contribution in [-0.2, 0) is 4.79 Å². The molecule has 4 unspecified atom stereocenters. The summed E-state index contributed by atoms with van der Waals surface area (Å²) in [5.41, 5.74) is 6.26. The van der Waals surface area contributed by atoms with Crippen molar-refractivity contribution in [3.05, 3.63) is 0 Å². The predicted octanol–water partition coefficient (Wildman–Crippen LogP) is 2.44. The quantitative estimate of drug-likeness (QED) is 0.822. The Morgan fingerprint density at radius 1 is 1.11 bits per heavy atom. The zero-order chi connectivity index (χ0) is 13.4. The normalized spacial score (nSPS) is 40.3. The molecule has 0 radical (unpaired) electrons. The van der Waals surface area contributed by atoms with E-state index >= 15 is 0 Å². The average molecular weight is 264 g/mol. The third-order valence-corrected chi connectivity index (χ3v) is 6.01. The van der Waals surface area contributed by atoms with Gasteiger partial charge in [-0.1, -0.05) is 19.3 Å². The highest BCUT2D eigenvalue weighted by molar-refractivity contribution is 5.80. The summed E-state index contributed by atoms with van der Waals surface area (Å²) in [6, 6.07) is 0.455. The topological polar surface area (TPSA) is 55.1 Å². The maximum Gasteiger partial charge on any atom is 0.225 e. The van der Waals surface area contributed by atoms with Crippen molar-refractivity contribution in [2.75, 3.05) is 0 Å². The van der Waals surface area contributed by atoms with Gasteiger partial charge in [0.2, 0.25) is 5.91 Å². The number of nitrogens with two attached hydrogens (primary N) is 1. The van der Waals surface area contributed by atoms with Crippen molar-refractivity contribution in [3.63, 3.8) is 0 Å². The summed E-state index contributed by atoms with van der Waals surface area (Å²) >= 11 is 0. The van der Waals surface area contributed by atoms with E-state index in [1.807, 2.05) is 0 Å². The number of amides is 1. The Hall–Kier alpha value is -0.570. The molecule has 3 rings (SSSR count). The lowest BCUT2D eigenvalue weighted by atomic mass is 9.82. The van der Waals surface area contributed by atoms with E-state index in [0.29, 0.717) is 23.8 Å². The largest absolute Gasteiger partial charge is 0.353 e. The SMILES string of the molecule is C[C@@H](NC(=O)C1C2CCC(C2)C1N)C1CCCCC1. The van der Waals surface area contributed by atoms with Crippen LogP contribution in [0.3, 0.4) is 0 Å². The van der Waals surface area contributed by atoms with Crippen LogP contribution in [0.25, 0.3) is 0 Å². The van der Waals surface area contributed by atoms with E-state index in [1.165, 1.54) is 51.4 Å². The Bertz CT molecular complexity index is 336. The number of fused-ring (bicyclic) bond motifs is 2. The lowest BCUT2D eigenvalue weighted by Crippen LogP contribution is -2.49. The van der Waals surface area contributed by atoms with Gasteiger partial charge in [0, 0.05) is 12.1 Å². The standard InChI is InChI=1S/C16H28N2O/c1-10(11-5-3-2-4-6-11)18-16(19)14-12-7-8-13(9-12)15(14)17/h10-15H,2-9,17H2,1H3,(H,18,19)/t10-,12?,13?,14?,15?/m1/s1. The van der Waals surface area contributed by atoms with E-state index < -0.39 is 0 Å². The second kappa shape index (κ2) is 5.43. The maximum absolute atomic E-state index is 12.5. The molecule has 108 valence electrons. The molecule has 19 heavy (non-hydrogen) atoms. The second-order valence-electron chi connectivity index (χ2n) is 7.13. The molecule has 0 spiro atoms. The fraction of sp³-hybridized carbons (Fsp3) is 0.938. The first-order chi connectivity index (χ1) is 9.16. The summed E-state index contributed by atoms with van der Waals surface area (Å²) in [6.07, 6.45) is 10.2. The Balaban J connectivity index is 1.56. The third kappa shape index (κ3) is 2.54. The molecule has 5 atom stereocenters. The Morgan fingerprint density at radius 2 is 1.79 bits per heavy atom. The Morgan fingerprint density at radius 3 is 2.42 bits per heavy atom. The molecule has 3 aliphatic rings. The molecule has 3 nitrogen and oxygen atoms in total. The van der Waals surface area contributed by atoms with Gasteiger partial charge < -0.3 is 11.1 Å². The van der Waals surface area contributed by atoms with Crippen molar-refractivity contribution in [1.82, 2.24) is 5.32 Å². The van der Waals surface area contributed by atoms with Crippen LogP contribution in [0.4, 0.5) is 0 Å². The fourth-order valence-electron chi connectivity index (χ4n) is 4.80. The number of hydrogen-bond acceptors (Lipinski definition) is 2. The van der Waals surface area contributed by atoms with Crippen LogP contribution < -0.4 is 11.1 Å². The van der Waals surface area contributed by atoms with Crippen molar-refractivity contribution in [2.45, 2.75) is 70.4 Å². The minimum absolute atomic E-state index is 0.102. The summed E-state index contributed by atoms with van der Waals surface area (Å²) in [7, 11) is 0. The number of rotatable bonds is 3. The summed E-state index contributed by atoms with van der Waals surface area (Å²) in [5.74, 6) is 2.22.